The van der Waals surface area contributed by atoms with Crippen molar-refractivity contribution in [2.45, 2.75) is 44.4 Å². The summed E-state index contributed by atoms with van der Waals surface area (Å²) < 4.78 is 50.8. The van der Waals surface area contributed by atoms with Crippen molar-refractivity contribution in [2.24, 2.45) is 5.92 Å². The van der Waals surface area contributed by atoms with Crippen LogP contribution in [0.25, 0.3) is 0 Å². The Morgan fingerprint density at radius 3 is 2.26 bits per heavy atom. The average Bonchev–Trinajstić information content (AvgIpc) is 2.27. The lowest BCUT2D eigenvalue weighted by Gasteiger charge is -2.37. The van der Waals surface area contributed by atoms with Gasteiger partial charge in [-0.05, 0) is 55.9 Å². The molecule has 0 bridgehead atoms. The zero-order valence-electron chi connectivity index (χ0n) is 10.6. The Morgan fingerprint density at radius 2 is 1.79 bits per heavy atom. The molecular formula is C14H16F4O. The highest BCUT2D eigenvalue weighted by molar-refractivity contribution is 5.32. The summed E-state index contributed by atoms with van der Waals surface area (Å²) in [6.07, 6.45) is -4.25. The smallest absolute Gasteiger partial charge is 0.385 e. The van der Waals surface area contributed by atoms with Crippen LogP contribution in [0.2, 0.25) is 0 Å². The summed E-state index contributed by atoms with van der Waals surface area (Å²) in [7, 11) is 0. The van der Waals surface area contributed by atoms with Gasteiger partial charge in [0.2, 0.25) is 0 Å². The van der Waals surface area contributed by atoms with Gasteiger partial charge in [0.25, 0.3) is 0 Å². The maximum atomic E-state index is 13.0. The number of rotatable bonds is 1. The lowest BCUT2D eigenvalue weighted by Crippen LogP contribution is -2.36. The molecule has 1 N–H and O–H groups in total. The van der Waals surface area contributed by atoms with Crippen molar-refractivity contribution in [1.82, 2.24) is 0 Å². The fourth-order valence-corrected chi connectivity index (χ4v) is 2.84. The Balaban J connectivity index is 2.18. The zero-order chi connectivity index (χ0) is 14.3. The van der Waals surface area contributed by atoms with Gasteiger partial charge in [-0.1, -0.05) is 6.07 Å². The minimum atomic E-state index is -4.20. The molecule has 106 valence electrons. The van der Waals surface area contributed by atoms with Crippen LogP contribution in [0, 0.1) is 18.7 Å². The Kier molecular flexibility index (Phi) is 3.60. The fraction of sp³-hybridized carbons (Fsp3) is 0.571. The number of benzene rings is 1. The number of hydrogen-bond acceptors (Lipinski definition) is 1. The topological polar surface area (TPSA) is 20.2 Å². The summed E-state index contributed by atoms with van der Waals surface area (Å²) in [4.78, 5) is 0. The highest BCUT2D eigenvalue weighted by Gasteiger charge is 2.46. The first-order valence-electron chi connectivity index (χ1n) is 6.28. The van der Waals surface area contributed by atoms with E-state index in [-0.39, 0.29) is 25.7 Å². The second-order valence-electron chi connectivity index (χ2n) is 5.31. The van der Waals surface area contributed by atoms with Crippen molar-refractivity contribution >= 4 is 0 Å². The summed E-state index contributed by atoms with van der Waals surface area (Å²) in [6.45, 7) is 1.66. The van der Waals surface area contributed by atoms with E-state index >= 15 is 0 Å². The Labute approximate surface area is 109 Å². The third-order valence-corrected chi connectivity index (χ3v) is 3.97. The Morgan fingerprint density at radius 1 is 1.21 bits per heavy atom. The highest BCUT2D eigenvalue weighted by atomic mass is 19.4. The van der Waals surface area contributed by atoms with Gasteiger partial charge in [-0.3, -0.25) is 0 Å². The number of aliphatic hydroxyl groups is 1. The molecule has 2 rings (SSSR count). The highest BCUT2D eigenvalue weighted by Crippen LogP contribution is 2.45. The van der Waals surface area contributed by atoms with Crippen molar-refractivity contribution in [3.63, 3.8) is 0 Å². The van der Waals surface area contributed by atoms with E-state index in [1.54, 1.807) is 6.92 Å². The molecule has 1 aromatic rings. The molecule has 1 aliphatic carbocycles. The first-order chi connectivity index (χ1) is 8.72. The predicted molar refractivity (Wildman–Crippen MR) is 63.0 cm³/mol. The number of aryl methyl sites for hydroxylation is 1. The van der Waals surface area contributed by atoms with Crippen LogP contribution in [0.5, 0.6) is 0 Å². The number of hydrogen-bond donors (Lipinski definition) is 1. The van der Waals surface area contributed by atoms with E-state index in [0.29, 0.717) is 11.1 Å². The summed E-state index contributed by atoms with van der Waals surface area (Å²) in [5, 5.41) is 10.5. The van der Waals surface area contributed by atoms with Crippen LogP contribution in [0.15, 0.2) is 18.2 Å². The van der Waals surface area contributed by atoms with Gasteiger partial charge in [0.1, 0.15) is 5.82 Å². The van der Waals surface area contributed by atoms with Crippen molar-refractivity contribution < 1.29 is 22.7 Å². The Hall–Kier alpha value is -1.10. The van der Waals surface area contributed by atoms with Crippen LogP contribution in [0.1, 0.15) is 36.8 Å². The third kappa shape index (κ3) is 2.91. The molecule has 0 amide bonds. The molecule has 0 saturated heterocycles. The first kappa shape index (κ1) is 14.3. The molecule has 0 aromatic heterocycles. The first-order valence-corrected chi connectivity index (χ1v) is 6.28. The summed E-state index contributed by atoms with van der Waals surface area (Å²) in [5.41, 5.74) is -0.151. The third-order valence-electron chi connectivity index (χ3n) is 3.97. The standard InChI is InChI=1S/C14H16F4O/c1-9-8-11(15)2-3-12(9)13(19)6-4-10(5-7-13)14(16,17)18/h2-3,8,10,19H,4-7H2,1H3. The van der Waals surface area contributed by atoms with E-state index in [4.69, 9.17) is 0 Å². The van der Waals surface area contributed by atoms with Crippen molar-refractivity contribution in [3.05, 3.63) is 35.1 Å². The zero-order valence-corrected chi connectivity index (χ0v) is 10.6. The fourth-order valence-electron chi connectivity index (χ4n) is 2.84. The van der Waals surface area contributed by atoms with E-state index in [1.807, 2.05) is 0 Å². The lowest BCUT2D eigenvalue weighted by atomic mass is 9.74. The van der Waals surface area contributed by atoms with Gasteiger partial charge in [0.15, 0.2) is 0 Å². The maximum Gasteiger partial charge on any atom is 0.391 e. The quantitative estimate of drug-likeness (QED) is 0.766. The van der Waals surface area contributed by atoms with Gasteiger partial charge >= 0.3 is 6.18 Å². The molecule has 19 heavy (non-hydrogen) atoms. The van der Waals surface area contributed by atoms with Gasteiger partial charge in [-0.2, -0.15) is 13.2 Å². The van der Waals surface area contributed by atoms with E-state index in [1.165, 1.54) is 18.2 Å². The van der Waals surface area contributed by atoms with Crippen LogP contribution >= 0.6 is 0 Å². The van der Waals surface area contributed by atoms with Crippen LogP contribution in [-0.4, -0.2) is 11.3 Å². The lowest BCUT2D eigenvalue weighted by molar-refractivity contribution is -0.193. The van der Waals surface area contributed by atoms with E-state index < -0.39 is 23.5 Å². The molecule has 1 nitrogen and oxygen atoms in total. The largest absolute Gasteiger partial charge is 0.391 e. The SMILES string of the molecule is Cc1cc(F)ccc1C1(O)CCC(C(F)(F)F)CC1. The second-order valence-corrected chi connectivity index (χ2v) is 5.31. The van der Waals surface area contributed by atoms with Gasteiger partial charge in [-0.15, -0.1) is 0 Å². The molecule has 1 aliphatic rings. The second kappa shape index (κ2) is 4.78. The minimum Gasteiger partial charge on any atom is -0.385 e. The van der Waals surface area contributed by atoms with E-state index in [0.717, 1.165) is 0 Å². The molecule has 1 fully saturated rings. The maximum absolute atomic E-state index is 13.0. The number of alkyl halides is 3. The van der Waals surface area contributed by atoms with E-state index in [2.05, 4.69) is 0 Å². The summed E-state index contributed by atoms with van der Waals surface area (Å²) in [5.74, 6) is -1.75. The van der Waals surface area contributed by atoms with Gasteiger partial charge in [0, 0.05) is 0 Å². The molecule has 1 saturated carbocycles. The molecule has 0 aliphatic heterocycles. The van der Waals surface area contributed by atoms with Crippen LogP contribution in [0.3, 0.4) is 0 Å². The van der Waals surface area contributed by atoms with Crippen molar-refractivity contribution in [1.29, 1.82) is 0 Å². The van der Waals surface area contributed by atoms with Gasteiger partial charge < -0.3 is 5.11 Å². The molecule has 1 aromatic carbocycles. The van der Waals surface area contributed by atoms with Crippen LogP contribution in [0.4, 0.5) is 17.6 Å². The van der Waals surface area contributed by atoms with E-state index in [9.17, 15) is 22.7 Å². The van der Waals surface area contributed by atoms with Crippen LogP contribution in [-0.2, 0) is 5.60 Å². The minimum absolute atomic E-state index is 0.0592. The summed E-state index contributed by atoms with van der Waals surface area (Å²) in [6, 6.07) is 4.00. The molecule has 0 spiro atoms. The summed E-state index contributed by atoms with van der Waals surface area (Å²) >= 11 is 0. The van der Waals surface area contributed by atoms with Crippen LogP contribution < -0.4 is 0 Å². The van der Waals surface area contributed by atoms with Gasteiger partial charge in [-0.25, -0.2) is 4.39 Å². The molecular weight excluding hydrogens is 260 g/mol. The predicted octanol–water partition coefficient (Wildman–Crippen LogP) is 4.07. The monoisotopic (exact) mass is 276 g/mol. The number of halogens is 4. The average molecular weight is 276 g/mol. The Bertz CT molecular complexity index is 459. The molecule has 0 atom stereocenters. The van der Waals surface area contributed by atoms with Crippen molar-refractivity contribution in [3.8, 4) is 0 Å². The molecule has 0 heterocycles. The van der Waals surface area contributed by atoms with Crippen molar-refractivity contribution in [2.75, 3.05) is 0 Å². The van der Waals surface area contributed by atoms with Gasteiger partial charge in [0.05, 0.1) is 11.5 Å². The molecule has 0 unspecified atom stereocenters. The molecule has 5 heteroatoms. The molecule has 0 radical (unpaired) electrons. The normalized spacial score (nSPS) is 28.4.